The van der Waals surface area contributed by atoms with E-state index < -0.39 is 6.09 Å². The molecule has 0 radical (unpaired) electrons. The van der Waals surface area contributed by atoms with E-state index in [9.17, 15) is 4.79 Å². The van der Waals surface area contributed by atoms with E-state index in [4.69, 9.17) is 15.7 Å². The van der Waals surface area contributed by atoms with Gasteiger partial charge in [0.05, 0.1) is 11.6 Å². The van der Waals surface area contributed by atoms with E-state index in [1.165, 1.54) is 0 Å². The number of ether oxygens (including phenoxy) is 1. The van der Waals surface area contributed by atoms with Crippen LogP contribution in [0.2, 0.25) is 0 Å². The number of carbonyl (C=O) groups is 1. The molecule has 0 saturated heterocycles. The second kappa shape index (κ2) is 10.1. The van der Waals surface area contributed by atoms with Gasteiger partial charge in [0, 0.05) is 29.2 Å². The Morgan fingerprint density at radius 2 is 2.00 bits per heavy atom. The molecule has 3 aromatic rings. The number of hydrogen-bond acceptors (Lipinski definition) is 5. The summed E-state index contributed by atoms with van der Waals surface area (Å²) in [6.07, 6.45) is 2.73. The van der Waals surface area contributed by atoms with Crippen molar-refractivity contribution in [1.82, 2.24) is 10.3 Å². The Morgan fingerprint density at radius 1 is 1.20 bits per heavy atom. The molecule has 0 spiro atoms. The largest absolute Gasteiger partial charge is 0.445 e. The summed E-state index contributed by atoms with van der Waals surface area (Å²) in [6, 6.07) is 20.7. The summed E-state index contributed by atoms with van der Waals surface area (Å²) < 4.78 is 5.26. The molecule has 3 rings (SSSR count). The van der Waals surface area contributed by atoms with Crippen LogP contribution in [-0.2, 0) is 17.8 Å². The summed E-state index contributed by atoms with van der Waals surface area (Å²) in [4.78, 5) is 16.4. The van der Waals surface area contributed by atoms with Gasteiger partial charge >= 0.3 is 6.09 Å². The zero-order valence-electron chi connectivity index (χ0n) is 16.8. The van der Waals surface area contributed by atoms with Crippen LogP contribution in [0.5, 0.6) is 0 Å². The second-order valence-corrected chi connectivity index (χ2v) is 7.10. The molecule has 6 nitrogen and oxygen atoms in total. The molecule has 0 saturated carbocycles. The minimum Gasteiger partial charge on any atom is -0.445 e. The van der Waals surface area contributed by atoms with Crippen LogP contribution >= 0.6 is 0 Å². The van der Waals surface area contributed by atoms with Crippen molar-refractivity contribution in [1.29, 1.82) is 5.26 Å². The van der Waals surface area contributed by atoms with Crippen LogP contribution in [-0.4, -0.2) is 17.1 Å². The lowest BCUT2D eigenvalue weighted by Gasteiger charge is -2.14. The maximum absolute atomic E-state index is 12.0. The number of rotatable bonds is 7. The van der Waals surface area contributed by atoms with E-state index in [-0.39, 0.29) is 12.6 Å². The zero-order valence-corrected chi connectivity index (χ0v) is 16.8. The van der Waals surface area contributed by atoms with Crippen LogP contribution in [0.3, 0.4) is 0 Å². The van der Waals surface area contributed by atoms with E-state index in [2.05, 4.69) is 16.4 Å². The van der Waals surface area contributed by atoms with Crippen molar-refractivity contribution < 1.29 is 9.53 Å². The molecule has 0 aliphatic carbocycles. The van der Waals surface area contributed by atoms with Crippen molar-refractivity contribution in [3.8, 4) is 17.2 Å². The number of aryl methyl sites for hydroxylation is 1. The molecule has 30 heavy (non-hydrogen) atoms. The van der Waals surface area contributed by atoms with Gasteiger partial charge in [-0.25, -0.2) is 4.79 Å². The summed E-state index contributed by atoms with van der Waals surface area (Å²) in [5.74, 6) is 0. The number of amides is 1. The van der Waals surface area contributed by atoms with Crippen LogP contribution < -0.4 is 11.1 Å². The summed E-state index contributed by atoms with van der Waals surface area (Å²) in [5.41, 5.74) is 10.9. The highest BCUT2D eigenvalue weighted by Crippen LogP contribution is 2.27. The van der Waals surface area contributed by atoms with Crippen molar-refractivity contribution in [3.05, 3.63) is 83.7 Å². The number of aromatic nitrogens is 1. The first-order valence-corrected chi connectivity index (χ1v) is 9.77. The second-order valence-electron chi connectivity index (χ2n) is 7.10. The lowest BCUT2D eigenvalue weighted by atomic mass is 10.0. The highest BCUT2D eigenvalue weighted by molar-refractivity contribution is 5.77. The molecule has 0 bridgehead atoms. The number of hydrogen-bond donors (Lipinski definition) is 2. The Bertz CT molecular complexity index is 1040. The molecule has 0 fully saturated rings. The van der Waals surface area contributed by atoms with Gasteiger partial charge in [-0.3, -0.25) is 4.98 Å². The summed E-state index contributed by atoms with van der Waals surface area (Å²) in [7, 11) is 0. The molecule has 0 aliphatic heterocycles. The average molecular weight is 400 g/mol. The first-order valence-electron chi connectivity index (χ1n) is 9.77. The van der Waals surface area contributed by atoms with Crippen LogP contribution in [0, 0.1) is 11.3 Å². The third kappa shape index (κ3) is 5.82. The SMILES string of the molecule is C[C@@H](CCc1cc(-c2ccc(C#N)cc2N)ccn1)NC(=O)OCc1ccccc1. The van der Waals surface area contributed by atoms with Crippen LogP contribution in [0.25, 0.3) is 11.1 Å². The highest BCUT2D eigenvalue weighted by atomic mass is 16.5. The number of alkyl carbamates (subject to hydrolysis) is 1. The van der Waals surface area contributed by atoms with Gasteiger partial charge < -0.3 is 15.8 Å². The normalized spacial score (nSPS) is 11.3. The molecular formula is C24H24N4O2. The Morgan fingerprint density at radius 3 is 2.73 bits per heavy atom. The fraction of sp³-hybridized carbons (Fsp3) is 0.208. The number of nitrogen functional groups attached to an aromatic ring is 1. The number of benzene rings is 2. The molecule has 1 atom stereocenters. The average Bonchev–Trinajstić information content (AvgIpc) is 2.77. The van der Waals surface area contributed by atoms with Crippen molar-refractivity contribution in [2.24, 2.45) is 0 Å². The van der Waals surface area contributed by atoms with Gasteiger partial charge in [-0.2, -0.15) is 5.26 Å². The lowest BCUT2D eigenvalue weighted by molar-refractivity contribution is 0.136. The van der Waals surface area contributed by atoms with Crippen LogP contribution in [0.1, 0.15) is 30.2 Å². The number of nitriles is 1. The van der Waals surface area contributed by atoms with Gasteiger partial charge in [0.2, 0.25) is 0 Å². The smallest absolute Gasteiger partial charge is 0.407 e. The maximum atomic E-state index is 12.0. The minimum absolute atomic E-state index is 0.0567. The Balaban J connectivity index is 1.52. The van der Waals surface area contributed by atoms with Crippen molar-refractivity contribution in [3.63, 3.8) is 0 Å². The van der Waals surface area contributed by atoms with Crippen LogP contribution in [0.15, 0.2) is 66.9 Å². The Labute approximate surface area is 176 Å². The van der Waals surface area contributed by atoms with Gasteiger partial charge in [0.15, 0.2) is 0 Å². The van der Waals surface area contributed by atoms with E-state index in [0.29, 0.717) is 17.7 Å². The molecule has 0 unspecified atom stereocenters. The molecule has 2 aromatic carbocycles. The van der Waals surface area contributed by atoms with Crippen molar-refractivity contribution in [2.75, 3.05) is 5.73 Å². The fourth-order valence-corrected chi connectivity index (χ4v) is 3.08. The fourth-order valence-electron chi connectivity index (χ4n) is 3.08. The Kier molecular flexibility index (Phi) is 7.01. The van der Waals surface area contributed by atoms with Gasteiger partial charge in [-0.15, -0.1) is 0 Å². The number of nitrogens with zero attached hydrogens (tertiary/aromatic N) is 2. The number of pyridine rings is 1. The van der Waals surface area contributed by atoms with E-state index in [1.807, 2.05) is 55.5 Å². The predicted molar refractivity (Wildman–Crippen MR) is 116 cm³/mol. The van der Waals surface area contributed by atoms with Crippen LogP contribution in [0.4, 0.5) is 10.5 Å². The van der Waals surface area contributed by atoms with E-state index in [1.54, 1.807) is 18.3 Å². The topological polar surface area (TPSA) is 101 Å². The molecule has 6 heteroatoms. The minimum atomic E-state index is -0.432. The van der Waals surface area contributed by atoms with Crippen molar-refractivity contribution in [2.45, 2.75) is 32.4 Å². The van der Waals surface area contributed by atoms with Gasteiger partial charge in [0.1, 0.15) is 6.61 Å². The quantitative estimate of drug-likeness (QED) is 0.571. The van der Waals surface area contributed by atoms with Gasteiger partial charge in [-0.1, -0.05) is 36.4 Å². The molecular weight excluding hydrogens is 376 g/mol. The number of carbonyl (C=O) groups excluding carboxylic acids is 1. The Hall–Kier alpha value is -3.85. The molecule has 1 heterocycles. The molecule has 152 valence electrons. The number of anilines is 1. The van der Waals surface area contributed by atoms with Crippen molar-refractivity contribution >= 4 is 11.8 Å². The van der Waals surface area contributed by atoms with E-state index >= 15 is 0 Å². The predicted octanol–water partition coefficient (Wildman–Crippen LogP) is 4.45. The molecule has 3 N–H and O–H groups in total. The summed E-state index contributed by atoms with van der Waals surface area (Å²) in [5, 5.41) is 11.8. The number of nitrogens with one attached hydrogen (secondary N) is 1. The molecule has 0 aliphatic rings. The lowest BCUT2D eigenvalue weighted by Crippen LogP contribution is -2.33. The molecule has 1 amide bonds. The first kappa shape index (κ1) is 20.9. The highest BCUT2D eigenvalue weighted by Gasteiger charge is 2.10. The van der Waals surface area contributed by atoms with E-state index in [0.717, 1.165) is 28.8 Å². The number of nitrogens with two attached hydrogens (primary N) is 1. The van der Waals surface area contributed by atoms with Gasteiger partial charge in [0.25, 0.3) is 0 Å². The first-order chi connectivity index (χ1) is 14.5. The van der Waals surface area contributed by atoms with Gasteiger partial charge in [-0.05, 0) is 55.2 Å². The zero-order chi connectivity index (χ0) is 21.3. The summed E-state index contributed by atoms with van der Waals surface area (Å²) >= 11 is 0. The third-order valence-electron chi connectivity index (χ3n) is 4.72. The molecule has 1 aromatic heterocycles. The monoisotopic (exact) mass is 400 g/mol. The maximum Gasteiger partial charge on any atom is 0.407 e. The summed E-state index contributed by atoms with van der Waals surface area (Å²) in [6.45, 7) is 2.18. The standard InChI is InChI=1S/C24H24N4O2/c1-17(28-24(29)30-16-18-5-3-2-4-6-18)7-9-21-14-20(11-12-27-21)22-10-8-19(15-25)13-23(22)26/h2-6,8,10-14,17H,7,9,16,26H2,1H3,(H,28,29)/t17-/m0/s1. The third-order valence-corrected chi connectivity index (χ3v) is 4.72.